The number of likely N-dealkylation sites (N-methyl/N-ethyl adjacent to an activating group) is 1. The van der Waals surface area contributed by atoms with Gasteiger partial charge in [-0.3, -0.25) is 0 Å². The highest BCUT2D eigenvalue weighted by atomic mass is 15.1. The number of hydrogen-bond acceptors (Lipinski definition) is 2. The van der Waals surface area contributed by atoms with E-state index in [9.17, 15) is 0 Å². The topological polar surface area (TPSA) is 15.3 Å². The van der Waals surface area contributed by atoms with Crippen molar-refractivity contribution < 1.29 is 0 Å². The van der Waals surface area contributed by atoms with Gasteiger partial charge in [0, 0.05) is 12.6 Å². The normalized spacial score (nSPS) is 12.6. The highest BCUT2D eigenvalue weighted by Crippen LogP contribution is 2.16. The third-order valence-electron chi connectivity index (χ3n) is 3.58. The first-order chi connectivity index (χ1) is 9.77. The fourth-order valence-electron chi connectivity index (χ4n) is 2.39. The Hall–Kier alpha value is -1.64. The van der Waals surface area contributed by atoms with Crippen LogP contribution in [0.25, 0.3) is 0 Å². The summed E-state index contributed by atoms with van der Waals surface area (Å²) in [5.74, 6) is 0. The van der Waals surface area contributed by atoms with Crippen LogP contribution in [0.3, 0.4) is 0 Å². The van der Waals surface area contributed by atoms with Gasteiger partial charge in [-0.1, -0.05) is 60.7 Å². The molecule has 2 aromatic rings. The summed E-state index contributed by atoms with van der Waals surface area (Å²) in [7, 11) is 4.27. The molecular formula is C18H24N2. The van der Waals surface area contributed by atoms with E-state index in [1.54, 1.807) is 0 Å². The summed E-state index contributed by atoms with van der Waals surface area (Å²) in [4.78, 5) is 2.27. The van der Waals surface area contributed by atoms with Gasteiger partial charge in [0.1, 0.15) is 0 Å². The van der Waals surface area contributed by atoms with Crippen LogP contribution >= 0.6 is 0 Å². The molecule has 0 saturated carbocycles. The smallest absolute Gasteiger partial charge is 0.0466 e. The largest absolute Gasteiger partial charge is 0.314 e. The molecule has 0 aromatic heterocycles. The van der Waals surface area contributed by atoms with Crippen molar-refractivity contribution in [3.63, 3.8) is 0 Å². The minimum absolute atomic E-state index is 0.423. The van der Waals surface area contributed by atoms with Gasteiger partial charge in [0.25, 0.3) is 0 Å². The van der Waals surface area contributed by atoms with Crippen molar-refractivity contribution in [2.75, 3.05) is 27.2 Å². The molecule has 0 aliphatic carbocycles. The molecule has 2 aromatic carbocycles. The number of nitrogens with zero attached hydrogens (tertiary/aromatic N) is 1. The fourth-order valence-corrected chi connectivity index (χ4v) is 2.39. The van der Waals surface area contributed by atoms with E-state index >= 15 is 0 Å². The second-order valence-corrected chi connectivity index (χ2v) is 5.33. The molecule has 0 fully saturated rings. The van der Waals surface area contributed by atoms with Gasteiger partial charge in [0.15, 0.2) is 0 Å². The molecule has 0 radical (unpaired) electrons. The Morgan fingerprint density at radius 2 is 1.50 bits per heavy atom. The lowest BCUT2D eigenvalue weighted by molar-refractivity contribution is 0.289. The van der Waals surface area contributed by atoms with Crippen LogP contribution in [0.15, 0.2) is 60.7 Å². The van der Waals surface area contributed by atoms with Crippen LogP contribution in [0.5, 0.6) is 0 Å². The molecule has 2 nitrogen and oxygen atoms in total. The van der Waals surface area contributed by atoms with Crippen LogP contribution in [0, 0.1) is 0 Å². The Balaban J connectivity index is 1.82. The van der Waals surface area contributed by atoms with Gasteiger partial charge >= 0.3 is 0 Å². The second kappa shape index (κ2) is 7.83. The fraction of sp³-hybridized carbons (Fsp3) is 0.333. The summed E-state index contributed by atoms with van der Waals surface area (Å²) in [6, 6.07) is 21.7. The Kier molecular flexibility index (Phi) is 5.78. The van der Waals surface area contributed by atoms with E-state index in [1.165, 1.54) is 11.1 Å². The van der Waals surface area contributed by atoms with E-state index in [0.29, 0.717) is 6.04 Å². The molecule has 2 rings (SSSR count). The molecule has 0 bridgehead atoms. The molecule has 0 saturated heterocycles. The quantitative estimate of drug-likeness (QED) is 0.776. The third kappa shape index (κ3) is 4.48. The average molecular weight is 268 g/mol. The molecule has 0 heterocycles. The van der Waals surface area contributed by atoms with Crippen molar-refractivity contribution in [2.45, 2.75) is 12.5 Å². The lowest BCUT2D eigenvalue weighted by Crippen LogP contribution is -2.32. The van der Waals surface area contributed by atoms with Crippen LogP contribution in [0.1, 0.15) is 17.2 Å². The number of benzene rings is 2. The third-order valence-corrected chi connectivity index (χ3v) is 3.58. The number of rotatable bonds is 7. The molecule has 0 aliphatic rings. The van der Waals surface area contributed by atoms with Gasteiger partial charge in [0.2, 0.25) is 0 Å². The van der Waals surface area contributed by atoms with Gasteiger partial charge < -0.3 is 10.2 Å². The predicted octanol–water partition coefficient (Wildman–Crippen LogP) is 3.12. The van der Waals surface area contributed by atoms with E-state index < -0.39 is 0 Å². The van der Waals surface area contributed by atoms with Crippen molar-refractivity contribution in [3.8, 4) is 0 Å². The summed E-state index contributed by atoms with van der Waals surface area (Å²) >= 11 is 0. The van der Waals surface area contributed by atoms with Crippen molar-refractivity contribution in [1.29, 1.82) is 0 Å². The zero-order valence-electron chi connectivity index (χ0n) is 12.4. The molecular weight excluding hydrogens is 244 g/mol. The van der Waals surface area contributed by atoms with Crippen LogP contribution in [-0.2, 0) is 6.42 Å². The van der Waals surface area contributed by atoms with Gasteiger partial charge in [-0.05, 0) is 38.2 Å². The van der Waals surface area contributed by atoms with E-state index in [0.717, 1.165) is 19.5 Å². The summed E-state index contributed by atoms with van der Waals surface area (Å²) < 4.78 is 0. The van der Waals surface area contributed by atoms with E-state index in [1.807, 2.05) is 0 Å². The standard InChI is InChI=1S/C18H24N2/c1-20(2)18(17-11-7-4-8-12-17)15-19-14-13-16-9-5-3-6-10-16/h3-12,18-19H,13-15H2,1-2H3. The second-order valence-electron chi connectivity index (χ2n) is 5.33. The first kappa shape index (κ1) is 14.8. The van der Waals surface area contributed by atoms with Crippen LogP contribution in [0.4, 0.5) is 0 Å². The molecule has 0 amide bonds. The lowest BCUT2D eigenvalue weighted by Gasteiger charge is -2.25. The van der Waals surface area contributed by atoms with E-state index in [2.05, 4.69) is 85.0 Å². The van der Waals surface area contributed by atoms with Crippen LogP contribution in [0.2, 0.25) is 0 Å². The maximum Gasteiger partial charge on any atom is 0.0466 e. The highest BCUT2D eigenvalue weighted by Gasteiger charge is 2.12. The van der Waals surface area contributed by atoms with Gasteiger partial charge in [0.05, 0.1) is 0 Å². The van der Waals surface area contributed by atoms with Crippen molar-refractivity contribution >= 4 is 0 Å². The SMILES string of the molecule is CN(C)C(CNCCc1ccccc1)c1ccccc1. The zero-order chi connectivity index (χ0) is 14.2. The van der Waals surface area contributed by atoms with E-state index in [4.69, 9.17) is 0 Å². The summed E-state index contributed by atoms with van der Waals surface area (Å²) in [5.41, 5.74) is 2.76. The minimum atomic E-state index is 0.423. The molecule has 106 valence electrons. The highest BCUT2D eigenvalue weighted by molar-refractivity contribution is 5.19. The van der Waals surface area contributed by atoms with Gasteiger partial charge in [-0.25, -0.2) is 0 Å². The molecule has 2 heteroatoms. The average Bonchev–Trinajstić information content (AvgIpc) is 2.49. The summed E-state index contributed by atoms with van der Waals surface area (Å²) in [6.45, 7) is 1.99. The minimum Gasteiger partial charge on any atom is -0.314 e. The molecule has 0 aliphatic heterocycles. The van der Waals surface area contributed by atoms with Gasteiger partial charge in [-0.2, -0.15) is 0 Å². The Morgan fingerprint density at radius 3 is 2.10 bits per heavy atom. The number of nitrogens with one attached hydrogen (secondary N) is 1. The molecule has 1 N–H and O–H groups in total. The summed E-state index contributed by atoms with van der Waals surface area (Å²) in [5, 5.41) is 3.57. The maximum atomic E-state index is 3.57. The lowest BCUT2D eigenvalue weighted by atomic mass is 10.1. The molecule has 0 spiro atoms. The molecule has 20 heavy (non-hydrogen) atoms. The first-order valence-electron chi connectivity index (χ1n) is 7.23. The Morgan fingerprint density at radius 1 is 0.900 bits per heavy atom. The Labute approximate surface area is 122 Å². The van der Waals surface area contributed by atoms with Gasteiger partial charge in [-0.15, -0.1) is 0 Å². The number of hydrogen-bond donors (Lipinski definition) is 1. The van der Waals surface area contributed by atoms with Crippen LogP contribution in [-0.4, -0.2) is 32.1 Å². The van der Waals surface area contributed by atoms with Crippen molar-refractivity contribution in [2.24, 2.45) is 0 Å². The monoisotopic (exact) mass is 268 g/mol. The predicted molar refractivity (Wildman–Crippen MR) is 85.9 cm³/mol. The van der Waals surface area contributed by atoms with Crippen molar-refractivity contribution in [3.05, 3.63) is 71.8 Å². The van der Waals surface area contributed by atoms with E-state index in [-0.39, 0.29) is 0 Å². The molecule has 1 unspecified atom stereocenters. The molecule has 1 atom stereocenters. The Bertz CT molecular complexity index is 479. The first-order valence-corrected chi connectivity index (χ1v) is 7.23. The maximum absolute atomic E-state index is 3.57. The zero-order valence-corrected chi connectivity index (χ0v) is 12.4. The van der Waals surface area contributed by atoms with Crippen LogP contribution < -0.4 is 5.32 Å². The summed E-state index contributed by atoms with van der Waals surface area (Å²) in [6.07, 6.45) is 1.08. The van der Waals surface area contributed by atoms with Crippen molar-refractivity contribution in [1.82, 2.24) is 10.2 Å².